The zero-order chi connectivity index (χ0) is 21.8. The van der Waals surface area contributed by atoms with Crippen LogP contribution >= 0.6 is 15.9 Å². The smallest absolute Gasteiger partial charge is 0.293 e. The highest BCUT2D eigenvalue weighted by molar-refractivity contribution is 9.10. The van der Waals surface area contributed by atoms with E-state index >= 15 is 0 Å². The number of nitrogens with one attached hydrogen (secondary N) is 1. The summed E-state index contributed by atoms with van der Waals surface area (Å²) in [4.78, 5) is 33.5. The summed E-state index contributed by atoms with van der Waals surface area (Å²) in [5.41, 5.74) is 2.05. The SMILES string of the molecule is CN(C(=O)c1ccc(Br)o1)c1ccccc1C(=O)N1CCC(Nc2cccnc2)CC1. The molecule has 31 heavy (non-hydrogen) atoms. The number of likely N-dealkylation sites (tertiary alicyclic amines) is 1. The summed E-state index contributed by atoms with van der Waals surface area (Å²) >= 11 is 3.21. The van der Waals surface area contributed by atoms with Crippen molar-refractivity contribution in [1.29, 1.82) is 0 Å². The Morgan fingerprint density at radius 1 is 1.13 bits per heavy atom. The van der Waals surface area contributed by atoms with Gasteiger partial charge in [0.15, 0.2) is 10.4 Å². The topological polar surface area (TPSA) is 78.7 Å². The molecule has 160 valence electrons. The molecule has 3 heterocycles. The normalized spacial score (nSPS) is 14.3. The molecule has 0 spiro atoms. The zero-order valence-electron chi connectivity index (χ0n) is 17.1. The molecule has 2 aromatic heterocycles. The number of carbonyl (C=O) groups excluding carboxylic acids is 2. The van der Waals surface area contributed by atoms with E-state index in [9.17, 15) is 9.59 Å². The van der Waals surface area contributed by atoms with E-state index in [2.05, 4.69) is 26.2 Å². The number of carbonyl (C=O) groups is 2. The van der Waals surface area contributed by atoms with Gasteiger partial charge in [-0.2, -0.15) is 0 Å². The first-order valence-corrected chi connectivity index (χ1v) is 10.9. The molecule has 8 heteroatoms. The monoisotopic (exact) mass is 482 g/mol. The third-order valence-electron chi connectivity index (χ3n) is 5.40. The van der Waals surface area contributed by atoms with Gasteiger partial charge in [0.2, 0.25) is 0 Å². The summed E-state index contributed by atoms with van der Waals surface area (Å²) in [6, 6.07) is 14.6. The lowest BCUT2D eigenvalue weighted by Crippen LogP contribution is -2.43. The maximum absolute atomic E-state index is 13.3. The Morgan fingerprint density at radius 3 is 2.58 bits per heavy atom. The van der Waals surface area contributed by atoms with E-state index in [0.717, 1.165) is 18.5 Å². The predicted molar refractivity (Wildman–Crippen MR) is 122 cm³/mol. The van der Waals surface area contributed by atoms with E-state index in [1.165, 1.54) is 4.90 Å². The number of anilines is 2. The number of hydrogen-bond acceptors (Lipinski definition) is 5. The molecule has 7 nitrogen and oxygen atoms in total. The van der Waals surface area contributed by atoms with Crippen molar-refractivity contribution in [3.05, 3.63) is 76.9 Å². The molecule has 0 atom stereocenters. The average Bonchev–Trinajstić information content (AvgIpc) is 3.25. The van der Waals surface area contributed by atoms with Gasteiger partial charge in [0.25, 0.3) is 11.8 Å². The molecule has 0 unspecified atom stereocenters. The van der Waals surface area contributed by atoms with Crippen LogP contribution in [0.15, 0.2) is 70.0 Å². The average molecular weight is 483 g/mol. The number of furan rings is 1. The fourth-order valence-electron chi connectivity index (χ4n) is 3.73. The molecular weight excluding hydrogens is 460 g/mol. The lowest BCUT2D eigenvalue weighted by atomic mass is 10.0. The summed E-state index contributed by atoms with van der Waals surface area (Å²) in [5.74, 6) is -0.181. The van der Waals surface area contributed by atoms with Gasteiger partial charge in [-0.3, -0.25) is 14.6 Å². The number of amides is 2. The molecule has 1 N–H and O–H groups in total. The second kappa shape index (κ2) is 9.34. The Morgan fingerprint density at radius 2 is 1.90 bits per heavy atom. The van der Waals surface area contributed by atoms with E-state index in [1.807, 2.05) is 29.2 Å². The highest BCUT2D eigenvalue weighted by Gasteiger charge is 2.27. The Labute approximate surface area is 189 Å². The third kappa shape index (κ3) is 4.80. The Balaban J connectivity index is 1.44. The van der Waals surface area contributed by atoms with Gasteiger partial charge in [-0.1, -0.05) is 12.1 Å². The van der Waals surface area contributed by atoms with E-state index in [4.69, 9.17) is 4.42 Å². The number of hydrogen-bond donors (Lipinski definition) is 1. The van der Waals surface area contributed by atoms with E-state index in [-0.39, 0.29) is 17.6 Å². The maximum Gasteiger partial charge on any atom is 0.293 e. The molecule has 1 aromatic carbocycles. The molecule has 0 aliphatic carbocycles. The van der Waals surface area contributed by atoms with Gasteiger partial charge >= 0.3 is 0 Å². The standard InChI is InChI=1S/C23H23BrN4O3/c1-27(23(30)20-8-9-21(24)31-20)19-7-3-2-6-18(19)22(29)28-13-10-16(11-14-28)26-17-5-4-12-25-15-17/h2-9,12,15-16,26H,10-11,13-14H2,1H3. The minimum absolute atomic E-state index is 0.0734. The number of halogens is 1. The van der Waals surface area contributed by atoms with Crippen LogP contribution in [0.1, 0.15) is 33.8 Å². The summed E-state index contributed by atoms with van der Waals surface area (Å²) in [6.07, 6.45) is 5.24. The molecule has 4 rings (SSSR count). The predicted octanol–water partition coefficient (Wildman–Crippen LogP) is 4.43. The third-order valence-corrected chi connectivity index (χ3v) is 5.83. The van der Waals surface area contributed by atoms with E-state index in [0.29, 0.717) is 35.1 Å². The van der Waals surface area contributed by atoms with Gasteiger partial charge in [0, 0.05) is 38.6 Å². The quantitative estimate of drug-likeness (QED) is 0.581. The first-order chi connectivity index (χ1) is 15.0. The van der Waals surface area contributed by atoms with E-state index < -0.39 is 0 Å². The number of rotatable bonds is 5. The van der Waals surface area contributed by atoms with Crippen molar-refractivity contribution in [3.8, 4) is 0 Å². The van der Waals surface area contributed by atoms with Crippen LogP contribution in [0, 0.1) is 0 Å². The van der Waals surface area contributed by atoms with Gasteiger partial charge in [-0.25, -0.2) is 0 Å². The number of nitrogens with zero attached hydrogens (tertiary/aromatic N) is 3. The summed E-state index contributed by atoms with van der Waals surface area (Å²) < 4.78 is 5.87. The molecule has 2 amide bonds. The molecule has 0 saturated carbocycles. The Bertz CT molecular complexity index is 1060. The Hall–Kier alpha value is -3.13. The van der Waals surface area contributed by atoms with Crippen LogP contribution < -0.4 is 10.2 Å². The van der Waals surface area contributed by atoms with Crippen molar-refractivity contribution in [2.45, 2.75) is 18.9 Å². The molecule has 1 fully saturated rings. The van der Waals surface area contributed by atoms with Crippen LogP contribution in [0.3, 0.4) is 0 Å². The second-order valence-electron chi connectivity index (χ2n) is 7.44. The number of pyridine rings is 1. The van der Waals surface area contributed by atoms with Crippen LogP contribution in [0.25, 0.3) is 0 Å². The van der Waals surface area contributed by atoms with E-state index in [1.54, 1.807) is 43.7 Å². The first kappa shape index (κ1) is 21.1. The molecule has 0 bridgehead atoms. The molecule has 1 aliphatic rings. The molecule has 1 aliphatic heterocycles. The fourth-order valence-corrected chi connectivity index (χ4v) is 4.04. The highest BCUT2D eigenvalue weighted by atomic mass is 79.9. The largest absolute Gasteiger partial charge is 0.444 e. The molecular formula is C23H23BrN4O3. The van der Waals surface area contributed by atoms with Gasteiger partial charge in [-0.05, 0) is 65.2 Å². The Kier molecular flexibility index (Phi) is 6.36. The zero-order valence-corrected chi connectivity index (χ0v) is 18.7. The summed E-state index contributed by atoms with van der Waals surface area (Å²) in [5, 5.41) is 3.48. The lowest BCUT2D eigenvalue weighted by Gasteiger charge is -2.33. The van der Waals surface area contributed by atoms with Crippen molar-refractivity contribution in [3.63, 3.8) is 0 Å². The maximum atomic E-state index is 13.3. The van der Waals surface area contributed by atoms with Gasteiger partial charge < -0.3 is 19.5 Å². The second-order valence-corrected chi connectivity index (χ2v) is 8.22. The van der Waals surface area contributed by atoms with Gasteiger partial charge in [0.1, 0.15) is 0 Å². The van der Waals surface area contributed by atoms with Crippen LogP contribution in [-0.4, -0.2) is 47.9 Å². The molecule has 3 aromatic rings. The minimum atomic E-state index is -0.315. The van der Waals surface area contributed by atoms with Crippen molar-refractivity contribution >= 4 is 39.1 Å². The summed E-state index contributed by atoms with van der Waals surface area (Å²) in [7, 11) is 1.65. The van der Waals surface area contributed by atoms with Gasteiger partial charge in [0.05, 0.1) is 16.9 Å². The molecule has 1 saturated heterocycles. The van der Waals surface area contributed by atoms with Gasteiger partial charge in [-0.15, -0.1) is 0 Å². The van der Waals surface area contributed by atoms with Crippen molar-refractivity contribution in [2.75, 3.05) is 30.4 Å². The number of piperidine rings is 1. The van der Waals surface area contributed by atoms with Crippen LogP contribution in [-0.2, 0) is 0 Å². The fraction of sp³-hybridized carbons (Fsp3) is 0.261. The van der Waals surface area contributed by atoms with Crippen molar-refractivity contribution in [2.24, 2.45) is 0 Å². The lowest BCUT2D eigenvalue weighted by molar-refractivity contribution is 0.0719. The highest BCUT2D eigenvalue weighted by Crippen LogP contribution is 2.26. The number of aromatic nitrogens is 1. The van der Waals surface area contributed by atoms with Crippen LogP contribution in [0.2, 0.25) is 0 Å². The number of para-hydroxylation sites is 1. The first-order valence-electron chi connectivity index (χ1n) is 10.1. The van der Waals surface area contributed by atoms with Crippen molar-refractivity contribution in [1.82, 2.24) is 9.88 Å². The van der Waals surface area contributed by atoms with Crippen LogP contribution in [0.4, 0.5) is 11.4 Å². The van der Waals surface area contributed by atoms with Crippen LogP contribution in [0.5, 0.6) is 0 Å². The number of benzene rings is 1. The summed E-state index contributed by atoms with van der Waals surface area (Å²) in [6.45, 7) is 1.29. The minimum Gasteiger partial charge on any atom is -0.444 e. The van der Waals surface area contributed by atoms with Crippen molar-refractivity contribution < 1.29 is 14.0 Å². The molecule has 0 radical (unpaired) electrons.